The van der Waals surface area contributed by atoms with Gasteiger partial charge in [-0.25, -0.2) is 9.59 Å². The molecule has 0 spiro atoms. The lowest BCUT2D eigenvalue weighted by molar-refractivity contribution is -0.144. The number of benzene rings is 2. The van der Waals surface area contributed by atoms with Crippen LogP contribution in [0.15, 0.2) is 72.3 Å². The molecule has 0 aliphatic carbocycles. The molecular weight excluding hydrogens is 342 g/mol. The molecule has 27 heavy (non-hydrogen) atoms. The van der Waals surface area contributed by atoms with Crippen molar-refractivity contribution in [2.75, 3.05) is 6.61 Å². The molecule has 1 atom stereocenters. The van der Waals surface area contributed by atoms with Gasteiger partial charge in [0.05, 0.1) is 0 Å². The van der Waals surface area contributed by atoms with Crippen molar-refractivity contribution in [1.29, 1.82) is 0 Å². The summed E-state index contributed by atoms with van der Waals surface area (Å²) < 4.78 is 10.5. The highest BCUT2D eigenvalue weighted by molar-refractivity contribution is 5.81. The lowest BCUT2D eigenvalue weighted by Gasteiger charge is -2.17. The number of ether oxygens (including phenoxy) is 2. The normalized spacial score (nSPS) is 11.2. The average Bonchev–Trinajstić information content (AvgIpc) is 2.67. The Bertz CT molecular complexity index is 752. The van der Waals surface area contributed by atoms with Crippen molar-refractivity contribution in [2.24, 2.45) is 0 Å². The van der Waals surface area contributed by atoms with Crippen LogP contribution in [-0.2, 0) is 27.3 Å². The molecule has 0 aromatic heterocycles. The van der Waals surface area contributed by atoms with Crippen molar-refractivity contribution in [3.05, 3.63) is 83.4 Å². The van der Waals surface area contributed by atoms with Crippen LogP contribution in [0.25, 0.3) is 0 Å². The predicted octanol–water partition coefficient (Wildman–Crippen LogP) is 4.03. The van der Waals surface area contributed by atoms with Gasteiger partial charge in [0, 0.05) is 6.42 Å². The number of allylic oxidation sites excluding steroid dienone is 1. The van der Waals surface area contributed by atoms with Crippen molar-refractivity contribution >= 4 is 12.1 Å². The third-order valence-electron chi connectivity index (χ3n) is 3.79. The highest BCUT2D eigenvalue weighted by Gasteiger charge is 2.23. The zero-order valence-corrected chi connectivity index (χ0v) is 15.7. The Balaban J connectivity index is 1.96. The zero-order chi connectivity index (χ0) is 19.5. The molecule has 0 saturated carbocycles. The second-order valence-electron chi connectivity index (χ2n) is 6.36. The first-order valence-corrected chi connectivity index (χ1v) is 8.85. The van der Waals surface area contributed by atoms with E-state index in [-0.39, 0.29) is 13.2 Å². The molecule has 0 saturated heterocycles. The Morgan fingerprint density at radius 3 is 2.11 bits per heavy atom. The summed E-state index contributed by atoms with van der Waals surface area (Å²) in [6.45, 7) is 4.16. The summed E-state index contributed by atoms with van der Waals surface area (Å²) in [4.78, 5) is 24.6. The summed E-state index contributed by atoms with van der Waals surface area (Å²) >= 11 is 0. The van der Waals surface area contributed by atoms with E-state index < -0.39 is 18.1 Å². The van der Waals surface area contributed by atoms with Crippen LogP contribution in [0.1, 0.15) is 25.0 Å². The number of esters is 1. The Labute approximate surface area is 160 Å². The molecule has 0 aliphatic rings. The minimum absolute atomic E-state index is 0.136. The Hall–Kier alpha value is -3.08. The second-order valence-corrected chi connectivity index (χ2v) is 6.36. The van der Waals surface area contributed by atoms with Crippen LogP contribution >= 0.6 is 0 Å². The first-order valence-electron chi connectivity index (χ1n) is 8.85. The van der Waals surface area contributed by atoms with Gasteiger partial charge in [-0.15, -0.1) is 0 Å². The quantitative estimate of drug-likeness (QED) is 0.565. The summed E-state index contributed by atoms with van der Waals surface area (Å²) in [6, 6.07) is 18.0. The smallest absolute Gasteiger partial charge is 0.408 e. The van der Waals surface area contributed by atoms with E-state index in [9.17, 15) is 9.59 Å². The van der Waals surface area contributed by atoms with E-state index in [2.05, 4.69) is 5.32 Å². The lowest BCUT2D eigenvalue weighted by atomic mass is 10.1. The molecule has 1 amide bonds. The molecule has 2 rings (SSSR count). The molecule has 0 heterocycles. The minimum atomic E-state index is -0.818. The molecule has 5 nitrogen and oxygen atoms in total. The van der Waals surface area contributed by atoms with E-state index in [1.54, 1.807) is 0 Å². The fourth-order valence-electron chi connectivity index (χ4n) is 2.34. The van der Waals surface area contributed by atoms with Gasteiger partial charge in [0.1, 0.15) is 19.3 Å². The number of amides is 1. The zero-order valence-electron chi connectivity index (χ0n) is 15.7. The summed E-state index contributed by atoms with van der Waals surface area (Å²) in [5.41, 5.74) is 2.85. The number of carbonyl (C=O) groups is 2. The number of carbonyl (C=O) groups excluding carboxylic acids is 2. The van der Waals surface area contributed by atoms with Gasteiger partial charge in [-0.05, 0) is 31.1 Å². The van der Waals surface area contributed by atoms with E-state index in [1.807, 2.05) is 80.6 Å². The van der Waals surface area contributed by atoms with Gasteiger partial charge in [-0.3, -0.25) is 0 Å². The first kappa shape index (κ1) is 20.2. The maximum Gasteiger partial charge on any atom is 0.408 e. The van der Waals surface area contributed by atoms with Gasteiger partial charge < -0.3 is 14.8 Å². The Morgan fingerprint density at radius 2 is 1.52 bits per heavy atom. The number of hydrogen-bond acceptors (Lipinski definition) is 4. The molecule has 1 unspecified atom stereocenters. The Morgan fingerprint density at radius 1 is 0.926 bits per heavy atom. The first-order chi connectivity index (χ1) is 13.0. The molecule has 142 valence electrons. The van der Waals surface area contributed by atoms with Crippen molar-refractivity contribution in [2.45, 2.75) is 32.9 Å². The maximum absolute atomic E-state index is 12.4. The van der Waals surface area contributed by atoms with Crippen molar-refractivity contribution < 1.29 is 19.1 Å². The molecular formula is C22H25NO4. The average molecular weight is 367 g/mol. The Kier molecular flexibility index (Phi) is 8.10. The molecule has 0 aliphatic heterocycles. The molecule has 2 aromatic carbocycles. The maximum atomic E-state index is 12.4. The van der Waals surface area contributed by atoms with Gasteiger partial charge in [-0.1, -0.05) is 66.2 Å². The second kappa shape index (κ2) is 10.8. The molecule has 0 fully saturated rings. The molecule has 0 radical (unpaired) electrons. The fraction of sp³-hybridized carbons (Fsp3) is 0.273. The summed E-state index contributed by atoms with van der Waals surface area (Å²) in [5, 5.41) is 2.62. The van der Waals surface area contributed by atoms with E-state index in [4.69, 9.17) is 9.47 Å². The summed E-state index contributed by atoms with van der Waals surface area (Å²) in [6.07, 6.45) is 1.49. The van der Waals surface area contributed by atoms with E-state index in [0.29, 0.717) is 6.42 Å². The van der Waals surface area contributed by atoms with Crippen LogP contribution in [0.3, 0.4) is 0 Å². The van der Waals surface area contributed by atoms with E-state index in [0.717, 1.165) is 16.7 Å². The van der Waals surface area contributed by atoms with E-state index in [1.165, 1.54) is 0 Å². The lowest BCUT2D eigenvalue weighted by Crippen LogP contribution is -2.43. The van der Waals surface area contributed by atoms with Crippen LogP contribution in [0, 0.1) is 0 Å². The van der Waals surface area contributed by atoms with Gasteiger partial charge >= 0.3 is 12.1 Å². The van der Waals surface area contributed by atoms with Crippen LogP contribution in [0.2, 0.25) is 0 Å². The molecule has 0 bridgehead atoms. The number of nitrogens with one attached hydrogen (secondary N) is 1. The highest BCUT2D eigenvalue weighted by Crippen LogP contribution is 2.07. The van der Waals surface area contributed by atoms with Crippen LogP contribution in [0.4, 0.5) is 4.79 Å². The number of alkyl carbamates (subject to hydrolysis) is 1. The van der Waals surface area contributed by atoms with Crippen LogP contribution in [-0.4, -0.2) is 24.7 Å². The largest absolute Gasteiger partial charge is 0.460 e. The topological polar surface area (TPSA) is 64.6 Å². The molecule has 2 aromatic rings. The summed E-state index contributed by atoms with van der Waals surface area (Å²) in [7, 11) is 0. The van der Waals surface area contributed by atoms with Crippen LogP contribution in [0.5, 0.6) is 0 Å². The molecule has 5 heteroatoms. The van der Waals surface area contributed by atoms with Crippen LogP contribution < -0.4 is 5.32 Å². The minimum Gasteiger partial charge on any atom is -0.460 e. The van der Waals surface area contributed by atoms with Crippen molar-refractivity contribution in [3.63, 3.8) is 0 Å². The van der Waals surface area contributed by atoms with Gasteiger partial charge in [0.25, 0.3) is 0 Å². The third-order valence-corrected chi connectivity index (χ3v) is 3.79. The van der Waals surface area contributed by atoms with Crippen molar-refractivity contribution in [1.82, 2.24) is 5.32 Å². The van der Waals surface area contributed by atoms with Gasteiger partial charge in [0.15, 0.2) is 0 Å². The fourth-order valence-corrected chi connectivity index (χ4v) is 2.34. The SMILES string of the molecule is CC(C)=CCOC(=O)C(Cc1ccccc1)NC(=O)OCc1ccccc1. The monoisotopic (exact) mass is 367 g/mol. The van der Waals surface area contributed by atoms with Crippen molar-refractivity contribution in [3.8, 4) is 0 Å². The highest BCUT2D eigenvalue weighted by atomic mass is 16.6. The number of hydrogen-bond donors (Lipinski definition) is 1. The predicted molar refractivity (Wildman–Crippen MR) is 104 cm³/mol. The molecule has 1 N–H and O–H groups in total. The summed E-state index contributed by atoms with van der Waals surface area (Å²) in [5.74, 6) is -0.493. The van der Waals surface area contributed by atoms with E-state index >= 15 is 0 Å². The van der Waals surface area contributed by atoms with Gasteiger partial charge in [-0.2, -0.15) is 0 Å². The number of rotatable bonds is 8. The third kappa shape index (κ3) is 7.77. The standard InChI is InChI=1S/C22H25NO4/c1-17(2)13-14-26-21(24)20(15-18-9-5-3-6-10-18)23-22(25)27-16-19-11-7-4-8-12-19/h3-13,20H,14-16H2,1-2H3,(H,23,25). The van der Waals surface area contributed by atoms with Gasteiger partial charge in [0.2, 0.25) is 0 Å².